The van der Waals surface area contributed by atoms with Crippen molar-refractivity contribution in [3.63, 3.8) is 0 Å². The number of anilines is 2. The van der Waals surface area contributed by atoms with Gasteiger partial charge in [-0.2, -0.15) is 0 Å². The Morgan fingerprint density at radius 3 is 2.59 bits per heavy atom. The lowest BCUT2D eigenvalue weighted by molar-refractivity contribution is 0.907. The van der Waals surface area contributed by atoms with Crippen molar-refractivity contribution in [2.45, 2.75) is 13.8 Å². The number of allylic oxidation sites excluding steroid dienone is 2. The van der Waals surface area contributed by atoms with Crippen LogP contribution in [0.15, 0.2) is 89.7 Å². The molecule has 0 amide bonds. The second-order valence-corrected chi connectivity index (χ2v) is 6.91. The Bertz CT molecular complexity index is 996. The Labute approximate surface area is 172 Å². The molecule has 4 N–H and O–H groups in total. The molecule has 29 heavy (non-hydrogen) atoms. The fraction of sp³-hybridized carbons (Fsp3) is 0.167. The highest BCUT2D eigenvalue weighted by Crippen LogP contribution is 2.22. The minimum Gasteiger partial charge on any atom is -0.397 e. The maximum atomic E-state index is 8.23. The minimum atomic E-state index is 0.335. The van der Waals surface area contributed by atoms with Crippen molar-refractivity contribution in [2.24, 2.45) is 10.7 Å². The van der Waals surface area contributed by atoms with Crippen molar-refractivity contribution in [2.75, 3.05) is 23.3 Å². The molecule has 0 spiro atoms. The number of rotatable bonds is 7. The topological polar surface area (TPSA) is 77.5 Å². The van der Waals surface area contributed by atoms with Crippen LogP contribution in [0, 0.1) is 12.3 Å². The van der Waals surface area contributed by atoms with Gasteiger partial charge in [0.1, 0.15) is 0 Å². The molecular formula is C24H27N5. The highest BCUT2D eigenvalue weighted by Gasteiger charge is 2.15. The first-order valence-corrected chi connectivity index (χ1v) is 9.66. The van der Waals surface area contributed by atoms with Crippen LogP contribution in [0.4, 0.5) is 17.1 Å². The Morgan fingerprint density at radius 2 is 1.93 bits per heavy atom. The van der Waals surface area contributed by atoms with Crippen LogP contribution < -0.4 is 16.0 Å². The van der Waals surface area contributed by atoms with Crippen LogP contribution in [-0.2, 0) is 0 Å². The third-order valence-corrected chi connectivity index (χ3v) is 4.66. The first-order chi connectivity index (χ1) is 14.0. The van der Waals surface area contributed by atoms with Gasteiger partial charge in [-0.05, 0) is 68.0 Å². The second kappa shape index (κ2) is 9.06. The Hall–Kier alpha value is -3.60. The molecule has 1 aliphatic rings. The molecular weight excluding hydrogens is 358 g/mol. The first-order valence-electron chi connectivity index (χ1n) is 9.66. The zero-order valence-corrected chi connectivity index (χ0v) is 16.9. The van der Waals surface area contributed by atoms with E-state index >= 15 is 0 Å². The van der Waals surface area contributed by atoms with Crippen LogP contribution in [0.3, 0.4) is 0 Å². The number of aryl methyl sites for hydroxylation is 1. The average Bonchev–Trinajstić information content (AvgIpc) is 2.70. The van der Waals surface area contributed by atoms with Crippen LogP contribution in [0.2, 0.25) is 0 Å². The fourth-order valence-electron chi connectivity index (χ4n) is 3.13. The number of nitrogens with one attached hydrogen (secondary N) is 2. The quantitative estimate of drug-likeness (QED) is 0.466. The van der Waals surface area contributed by atoms with Crippen molar-refractivity contribution >= 4 is 28.5 Å². The Balaban J connectivity index is 1.85. The van der Waals surface area contributed by atoms with Crippen LogP contribution in [-0.4, -0.2) is 24.5 Å². The van der Waals surface area contributed by atoms with Crippen molar-refractivity contribution in [1.29, 1.82) is 5.41 Å². The summed E-state index contributed by atoms with van der Waals surface area (Å²) in [6, 6.07) is 16.1. The van der Waals surface area contributed by atoms with Crippen LogP contribution in [0.5, 0.6) is 0 Å². The lowest BCUT2D eigenvalue weighted by atomic mass is 10.0. The zero-order valence-electron chi connectivity index (χ0n) is 16.9. The lowest BCUT2D eigenvalue weighted by Crippen LogP contribution is -2.22. The summed E-state index contributed by atoms with van der Waals surface area (Å²) in [7, 11) is 0. The summed E-state index contributed by atoms with van der Waals surface area (Å²) in [6.07, 6.45) is 5.35. The van der Waals surface area contributed by atoms with Crippen molar-refractivity contribution < 1.29 is 0 Å². The van der Waals surface area contributed by atoms with E-state index in [9.17, 15) is 0 Å². The van der Waals surface area contributed by atoms with E-state index < -0.39 is 0 Å². The molecule has 0 aromatic heterocycles. The summed E-state index contributed by atoms with van der Waals surface area (Å²) in [5.74, 6) is 0. The molecule has 0 fully saturated rings. The third kappa shape index (κ3) is 5.02. The molecule has 0 saturated carbocycles. The third-order valence-electron chi connectivity index (χ3n) is 4.66. The van der Waals surface area contributed by atoms with Crippen molar-refractivity contribution in [3.05, 3.63) is 90.3 Å². The maximum absolute atomic E-state index is 8.23. The zero-order chi connectivity index (χ0) is 20.8. The molecule has 0 atom stereocenters. The fourth-order valence-corrected chi connectivity index (χ4v) is 3.13. The molecule has 2 aromatic carbocycles. The van der Waals surface area contributed by atoms with E-state index in [4.69, 9.17) is 11.1 Å². The predicted molar refractivity (Wildman–Crippen MR) is 125 cm³/mol. The molecule has 2 aromatic rings. The van der Waals surface area contributed by atoms with E-state index in [0.717, 1.165) is 35.7 Å². The SMILES string of the molecule is C=CCN(CC)c1ccc(N=C2C=C(Nc3cccc(C)c3)C(=N)C=C2N)cc1. The van der Waals surface area contributed by atoms with Gasteiger partial charge in [-0.1, -0.05) is 18.2 Å². The number of hydrogen-bond acceptors (Lipinski definition) is 5. The van der Waals surface area contributed by atoms with Crippen molar-refractivity contribution in [3.8, 4) is 0 Å². The van der Waals surface area contributed by atoms with Crippen LogP contribution in [0.25, 0.3) is 0 Å². The summed E-state index contributed by atoms with van der Waals surface area (Å²) in [5.41, 5.74) is 12.3. The molecule has 5 nitrogen and oxygen atoms in total. The van der Waals surface area contributed by atoms with Gasteiger partial charge in [-0.15, -0.1) is 6.58 Å². The molecule has 0 unspecified atom stereocenters. The standard InChI is InChI=1S/C24H27N5/c1-4-13-29(5-2)20-11-9-18(10-12-20)27-23-16-24(22(26)15-21(23)25)28-19-8-6-7-17(3)14-19/h4,6-12,14-16,26,28H,1,5,13,25H2,2-3H3. The van der Waals surface area contributed by atoms with Crippen molar-refractivity contribution in [1.82, 2.24) is 0 Å². The van der Waals surface area contributed by atoms with E-state index in [-0.39, 0.29) is 0 Å². The van der Waals surface area contributed by atoms with Crippen LogP contribution >= 0.6 is 0 Å². The van der Waals surface area contributed by atoms with Gasteiger partial charge in [-0.25, -0.2) is 4.99 Å². The smallest absolute Gasteiger partial charge is 0.0888 e. The Kier molecular flexibility index (Phi) is 6.29. The average molecular weight is 386 g/mol. The number of hydrogen-bond donors (Lipinski definition) is 3. The van der Waals surface area contributed by atoms with Gasteiger partial charge < -0.3 is 16.0 Å². The summed E-state index contributed by atoms with van der Waals surface area (Å²) >= 11 is 0. The molecule has 0 bridgehead atoms. The Morgan fingerprint density at radius 1 is 1.17 bits per heavy atom. The molecule has 5 heteroatoms. The minimum absolute atomic E-state index is 0.335. The van der Waals surface area contributed by atoms with Gasteiger partial charge >= 0.3 is 0 Å². The van der Waals surface area contributed by atoms with E-state index in [0.29, 0.717) is 22.8 Å². The van der Waals surface area contributed by atoms with E-state index in [1.54, 1.807) is 6.08 Å². The van der Waals surface area contributed by atoms with Gasteiger partial charge in [0.05, 0.1) is 28.5 Å². The number of benzene rings is 2. The molecule has 148 valence electrons. The van der Waals surface area contributed by atoms with Gasteiger partial charge in [0.25, 0.3) is 0 Å². The summed E-state index contributed by atoms with van der Waals surface area (Å²) in [5, 5.41) is 11.5. The molecule has 0 radical (unpaired) electrons. The number of nitrogens with two attached hydrogens (primary N) is 1. The molecule has 0 aliphatic heterocycles. The summed E-state index contributed by atoms with van der Waals surface area (Å²) in [6.45, 7) is 9.68. The largest absolute Gasteiger partial charge is 0.397 e. The highest BCUT2D eigenvalue weighted by molar-refractivity contribution is 6.23. The van der Waals surface area contributed by atoms with E-state index in [2.05, 4.69) is 28.7 Å². The number of aliphatic imine (C=N–C) groups is 1. The molecule has 0 heterocycles. The molecule has 3 rings (SSSR count). The second-order valence-electron chi connectivity index (χ2n) is 6.91. The number of nitrogens with zero attached hydrogens (tertiary/aromatic N) is 2. The molecule has 0 saturated heterocycles. The van der Waals surface area contributed by atoms with Gasteiger partial charge in [0, 0.05) is 24.5 Å². The van der Waals surface area contributed by atoms with E-state index in [1.165, 1.54) is 0 Å². The first kappa shape index (κ1) is 20.1. The van der Waals surface area contributed by atoms with E-state index in [1.807, 2.05) is 67.6 Å². The monoisotopic (exact) mass is 385 g/mol. The van der Waals surface area contributed by atoms with Gasteiger partial charge in [0.15, 0.2) is 0 Å². The predicted octanol–water partition coefficient (Wildman–Crippen LogP) is 4.95. The van der Waals surface area contributed by atoms with Gasteiger partial charge in [0.2, 0.25) is 0 Å². The maximum Gasteiger partial charge on any atom is 0.0888 e. The highest BCUT2D eigenvalue weighted by atomic mass is 15.1. The summed E-state index contributed by atoms with van der Waals surface area (Å²) in [4.78, 5) is 6.91. The van der Waals surface area contributed by atoms with Gasteiger partial charge in [-0.3, -0.25) is 5.41 Å². The number of likely N-dealkylation sites (N-methyl/N-ethyl adjacent to an activating group) is 1. The normalized spacial score (nSPS) is 15.0. The lowest BCUT2D eigenvalue weighted by Gasteiger charge is -2.21. The summed E-state index contributed by atoms with van der Waals surface area (Å²) < 4.78 is 0. The van der Waals surface area contributed by atoms with Crippen LogP contribution in [0.1, 0.15) is 12.5 Å². The molecule has 1 aliphatic carbocycles.